The van der Waals surface area contributed by atoms with Crippen molar-refractivity contribution in [2.75, 3.05) is 39.9 Å². The Morgan fingerprint density at radius 3 is 2.84 bits per heavy atom. The van der Waals surface area contributed by atoms with Crippen LogP contribution in [0.1, 0.15) is 28.8 Å². The second-order valence-corrected chi connectivity index (χ2v) is 8.04. The van der Waals surface area contributed by atoms with E-state index >= 15 is 0 Å². The minimum atomic E-state index is -3.66. The summed E-state index contributed by atoms with van der Waals surface area (Å²) in [5, 5.41) is 6.20. The van der Waals surface area contributed by atoms with Crippen molar-refractivity contribution < 1.29 is 17.9 Å². The first-order valence-electron chi connectivity index (χ1n) is 8.52. The molecule has 1 heterocycles. The summed E-state index contributed by atoms with van der Waals surface area (Å²) in [6, 6.07) is 4.59. The first-order valence-corrected chi connectivity index (χ1v) is 10.0. The number of nitrogens with one attached hydrogen (secondary N) is 3. The molecule has 3 N–H and O–H groups in total. The van der Waals surface area contributed by atoms with Crippen LogP contribution in [0.3, 0.4) is 0 Å². The van der Waals surface area contributed by atoms with Gasteiger partial charge < -0.3 is 15.4 Å². The number of carbonyl (C=O) groups excluding carboxylic acids is 1. The van der Waals surface area contributed by atoms with E-state index in [4.69, 9.17) is 4.74 Å². The smallest absolute Gasteiger partial charge is 0.251 e. The van der Waals surface area contributed by atoms with Crippen molar-refractivity contribution in [2.24, 2.45) is 5.92 Å². The van der Waals surface area contributed by atoms with Gasteiger partial charge >= 0.3 is 0 Å². The van der Waals surface area contributed by atoms with E-state index in [-0.39, 0.29) is 24.0 Å². The van der Waals surface area contributed by atoms with Crippen LogP contribution in [0.2, 0.25) is 0 Å². The van der Waals surface area contributed by atoms with E-state index < -0.39 is 10.0 Å². The van der Waals surface area contributed by atoms with Gasteiger partial charge in [0, 0.05) is 25.8 Å². The van der Waals surface area contributed by atoms with Gasteiger partial charge in [0.15, 0.2) is 0 Å². The number of carbonyl (C=O) groups is 1. The lowest BCUT2D eigenvalue weighted by molar-refractivity contribution is 0.0951. The highest BCUT2D eigenvalue weighted by molar-refractivity contribution is 7.89. The second kappa shape index (κ2) is 9.28. The fraction of sp³-hybridized carbons (Fsp3) is 0.588. The Morgan fingerprint density at radius 2 is 2.16 bits per heavy atom. The van der Waals surface area contributed by atoms with E-state index in [1.807, 2.05) is 0 Å². The number of benzene rings is 1. The first kappa shape index (κ1) is 19.8. The van der Waals surface area contributed by atoms with Crippen LogP contribution in [-0.2, 0) is 14.8 Å². The van der Waals surface area contributed by atoms with Crippen LogP contribution < -0.4 is 15.4 Å². The molecule has 0 aliphatic carbocycles. The molecule has 0 aromatic heterocycles. The lowest BCUT2D eigenvalue weighted by atomic mass is 10.0. The summed E-state index contributed by atoms with van der Waals surface area (Å²) in [5.74, 6) is 0.357. The van der Waals surface area contributed by atoms with E-state index in [0.29, 0.717) is 18.0 Å². The van der Waals surface area contributed by atoms with Crippen molar-refractivity contribution in [1.29, 1.82) is 0 Å². The fourth-order valence-corrected chi connectivity index (χ4v) is 3.86. The summed E-state index contributed by atoms with van der Waals surface area (Å²) in [6.45, 7) is 4.89. The Kier molecular flexibility index (Phi) is 7.37. The predicted molar refractivity (Wildman–Crippen MR) is 96.2 cm³/mol. The maximum atomic E-state index is 12.4. The molecule has 1 aliphatic rings. The molecule has 7 nitrogen and oxygen atoms in total. The van der Waals surface area contributed by atoms with Crippen LogP contribution in [0, 0.1) is 12.8 Å². The summed E-state index contributed by atoms with van der Waals surface area (Å²) in [5.41, 5.74) is 1.13. The lowest BCUT2D eigenvalue weighted by Crippen LogP contribution is -2.29. The third-order valence-corrected chi connectivity index (χ3v) is 5.82. The monoisotopic (exact) mass is 369 g/mol. The predicted octanol–water partition coefficient (Wildman–Crippen LogP) is 0.649. The molecule has 1 amide bonds. The molecular weight excluding hydrogens is 342 g/mol. The zero-order valence-corrected chi connectivity index (χ0v) is 15.6. The van der Waals surface area contributed by atoms with Gasteiger partial charge in [-0.05, 0) is 56.5 Å². The van der Waals surface area contributed by atoms with Gasteiger partial charge in [-0.15, -0.1) is 0 Å². The molecular formula is C17H27N3O4S. The summed E-state index contributed by atoms with van der Waals surface area (Å²) >= 11 is 0. The van der Waals surface area contributed by atoms with Crippen molar-refractivity contribution in [1.82, 2.24) is 15.4 Å². The molecule has 25 heavy (non-hydrogen) atoms. The average Bonchev–Trinajstić information content (AvgIpc) is 3.08. The minimum Gasteiger partial charge on any atom is -0.383 e. The Balaban J connectivity index is 2.00. The largest absolute Gasteiger partial charge is 0.383 e. The number of amides is 1. The number of aryl methyl sites for hydroxylation is 1. The van der Waals surface area contributed by atoms with E-state index in [1.54, 1.807) is 13.0 Å². The van der Waals surface area contributed by atoms with Gasteiger partial charge in [-0.3, -0.25) is 4.79 Å². The highest BCUT2D eigenvalue weighted by atomic mass is 32.2. The Labute approximate surface area is 149 Å². The van der Waals surface area contributed by atoms with Crippen molar-refractivity contribution in [3.05, 3.63) is 29.3 Å². The maximum Gasteiger partial charge on any atom is 0.251 e. The highest BCUT2D eigenvalue weighted by Crippen LogP contribution is 2.16. The van der Waals surface area contributed by atoms with Crippen molar-refractivity contribution in [3.63, 3.8) is 0 Å². The molecule has 140 valence electrons. The molecule has 1 aromatic carbocycles. The van der Waals surface area contributed by atoms with Crippen LogP contribution in [0.5, 0.6) is 0 Å². The van der Waals surface area contributed by atoms with E-state index in [2.05, 4.69) is 15.4 Å². The number of methoxy groups -OCH3 is 1. The molecule has 1 aromatic rings. The SMILES string of the molecule is COCCNS(=O)(=O)c1ccc(C)c(C(=O)NCCC2CCNC2)c1. The summed E-state index contributed by atoms with van der Waals surface area (Å²) < 4.78 is 31.8. The zero-order chi connectivity index (χ0) is 18.3. The molecule has 2 rings (SSSR count). The second-order valence-electron chi connectivity index (χ2n) is 6.27. The molecule has 1 atom stereocenters. The van der Waals surface area contributed by atoms with Crippen LogP contribution >= 0.6 is 0 Å². The van der Waals surface area contributed by atoms with Gasteiger partial charge in [0.25, 0.3) is 5.91 Å². The summed E-state index contributed by atoms with van der Waals surface area (Å²) in [6.07, 6.45) is 2.06. The Hall–Kier alpha value is -1.48. The molecule has 1 saturated heterocycles. The topological polar surface area (TPSA) is 96.5 Å². The molecule has 1 unspecified atom stereocenters. The molecule has 0 radical (unpaired) electrons. The van der Waals surface area contributed by atoms with Crippen molar-refractivity contribution >= 4 is 15.9 Å². The summed E-state index contributed by atoms with van der Waals surface area (Å²) in [4.78, 5) is 12.5. The van der Waals surface area contributed by atoms with Gasteiger partial charge in [0.2, 0.25) is 10.0 Å². The number of hydrogen-bond acceptors (Lipinski definition) is 5. The third kappa shape index (κ3) is 5.78. The van der Waals surface area contributed by atoms with E-state index in [9.17, 15) is 13.2 Å². The molecule has 0 bridgehead atoms. The van der Waals surface area contributed by atoms with E-state index in [0.717, 1.165) is 31.5 Å². The number of ether oxygens (including phenoxy) is 1. The number of sulfonamides is 1. The highest BCUT2D eigenvalue weighted by Gasteiger charge is 2.18. The van der Waals surface area contributed by atoms with Crippen LogP contribution in [0.15, 0.2) is 23.1 Å². The van der Waals surface area contributed by atoms with Gasteiger partial charge in [-0.1, -0.05) is 6.07 Å². The summed E-state index contributed by atoms with van der Waals surface area (Å²) in [7, 11) is -2.15. The maximum absolute atomic E-state index is 12.4. The first-order chi connectivity index (χ1) is 11.9. The number of rotatable bonds is 9. The van der Waals surface area contributed by atoms with E-state index in [1.165, 1.54) is 19.2 Å². The number of hydrogen-bond donors (Lipinski definition) is 3. The van der Waals surface area contributed by atoms with Gasteiger partial charge in [-0.2, -0.15) is 0 Å². The zero-order valence-electron chi connectivity index (χ0n) is 14.8. The van der Waals surface area contributed by atoms with Crippen LogP contribution in [0.4, 0.5) is 0 Å². The molecule has 0 saturated carbocycles. The van der Waals surface area contributed by atoms with Gasteiger partial charge in [0.1, 0.15) is 0 Å². The fourth-order valence-electron chi connectivity index (χ4n) is 2.82. The quantitative estimate of drug-likeness (QED) is 0.556. The molecule has 0 spiro atoms. The molecule has 8 heteroatoms. The van der Waals surface area contributed by atoms with Crippen LogP contribution in [0.25, 0.3) is 0 Å². The van der Waals surface area contributed by atoms with Crippen molar-refractivity contribution in [3.8, 4) is 0 Å². The van der Waals surface area contributed by atoms with Gasteiger partial charge in [0.05, 0.1) is 11.5 Å². The lowest BCUT2D eigenvalue weighted by Gasteiger charge is -2.12. The minimum absolute atomic E-state index is 0.0827. The Bertz CT molecular complexity index is 685. The standard InChI is InChI=1S/C17H27N3O4S/c1-13-3-4-15(25(22,23)20-9-10-24-2)11-16(13)17(21)19-8-6-14-5-7-18-12-14/h3-4,11,14,18,20H,5-10,12H2,1-2H3,(H,19,21). The molecule has 1 fully saturated rings. The Morgan fingerprint density at radius 1 is 1.36 bits per heavy atom. The average molecular weight is 369 g/mol. The van der Waals surface area contributed by atoms with Crippen molar-refractivity contribution in [2.45, 2.75) is 24.7 Å². The third-order valence-electron chi connectivity index (χ3n) is 4.36. The molecule has 1 aliphatic heterocycles. The van der Waals surface area contributed by atoms with Gasteiger partial charge in [-0.25, -0.2) is 13.1 Å². The van der Waals surface area contributed by atoms with Crippen LogP contribution in [-0.4, -0.2) is 54.2 Å². The normalized spacial score (nSPS) is 17.6.